The molecule has 0 bridgehead atoms. The Hall–Kier alpha value is -2.80. The van der Waals surface area contributed by atoms with Crippen molar-refractivity contribution in [1.82, 2.24) is 0 Å². The zero-order valence-corrected chi connectivity index (χ0v) is 43.9. The van der Waals surface area contributed by atoms with Crippen molar-refractivity contribution < 1.29 is 13.5 Å². The molecule has 6 heteroatoms. The molecule has 0 amide bonds. The standard InChI is InChI=1S/C33H35N2.C18H33P.C7H6.2ClH.Ru/c1-22-17-24(3)30(25(4)18-22)34-21-35(31-26(5)19-23(2)20-27(31)6)33(29-15-11-8-12-16-29)32(34)28-13-9-7-10-14-28;1-4-10-16(11-5-1)19(17-12-6-2-7-13-17)18-14-8-3-9-15-18;1-7-5-3-2-4-6-7;;;/h7-21,32-33H,1-6H3;16-18H,1-15H2;1-6H;2*1H;/q-1;;;;;+2/p-1. The van der Waals surface area contributed by atoms with E-state index >= 15 is 0 Å². The molecule has 3 saturated carbocycles. The predicted octanol–water partition coefficient (Wildman–Crippen LogP) is 17.4. The predicted molar refractivity (Wildman–Crippen MR) is 281 cm³/mol. The van der Waals surface area contributed by atoms with Gasteiger partial charge in [-0.05, 0) is 152 Å². The Labute approximate surface area is 402 Å². The minimum absolute atomic E-state index is 0.0465. The third-order valence-corrected chi connectivity index (χ3v) is 20.9. The van der Waals surface area contributed by atoms with Gasteiger partial charge in [0.25, 0.3) is 0 Å². The van der Waals surface area contributed by atoms with Crippen LogP contribution in [0, 0.1) is 48.2 Å². The summed E-state index contributed by atoms with van der Waals surface area (Å²) < 4.78 is 1.92. The van der Waals surface area contributed by atoms with Crippen LogP contribution in [0.1, 0.15) is 158 Å². The van der Waals surface area contributed by atoms with Crippen LogP contribution in [0.15, 0.2) is 115 Å². The molecule has 2 unspecified atom stereocenters. The van der Waals surface area contributed by atoms with E-state index in [9.17, 15) is 0 Å². The third kappa shape index (κ3) is 12.8. The maximum atomic E-state index is 5.67. The molecule has 344 valence electrons. The van der Waals surface area contributed by atoms with E-state index in [1.54, 1.807) is 96.3 Å². The van der Waals surface area contributed by atoms with E-state index < -0.39 is 13.5 Å². The summed E-state index contributed by atoms with van der Waals surface area (Å²) in [4.78, 5) is 5.05. The normalized spacial score (nSPS) is 20.0. The van der Waals surface area contributed by atoms with Crippen LogP contribution in [0.5, 0.6) is 0 Å². The van der Waals surface area contributed by atoms with Gasteiger partial charge in [-0.1, -0.05) is 115 Å². The molecule has 0 spiro atoms. The molecular weight excluding hydrogens is 928 g/mol. The second kappa shape index (κ2) is 24.3. The number of rotatable bonds is 8. The Bertz CT molecular complexity index is 2030. The summed E-state index contributed by atoms with van der Waals surface area (Å²) in [5.74, 6) is 0. The van der Waals surface area contributed by atoms with E-state index in [1.165, 1.54) is 72.9 Å². The summed E-state index contributed by atoms with van der Waals surface area (Å²) in [6.45, 7) is 15.7. The molecular formula is C58H75Cl2N2PRu. The second-order valence-corrected chi connectivity index (χ2v) is 28.5. The first kappa shape index (κ1) is 49.1. The topological polar surface area (TPSA) is 6.48 Å². The van der Waals surface area contributed by atoms with Gasteiger partial charge in [-0.25, -0.2) is 0 Å². The molecule has 1 heterocycles. The van der Waals surface area contributed by atoms with Crippen LogP contribution in [0.2, 0.25) is 0 Å². The molecule has 9 rings (SSSR count). The SMILES string of the molecule is C1CCC([PH+](C2CCCCC2)C2CCCCC2)CC1.Cc1cc(C)c(N2[CH-]N(c3c(C)cc(C)cc3C)C(c3ccccc3)C2c2ccccc2)c(C)c1.[Cl][Ru]([Cl])=[CH]c1ccccc1. The van der Waals surface area contributed by atoms with Crippen LogP contribution >= 0.6 is 27.3 Å². The summed E-state index contributed by atoms with van der Waals surface area (Å²) in [5.41, 5.74) is 17.9. The molecule has 4 fully saturated rings. The second-order valence-electron chi connectivity index (χ2n) is 19.4. The molecule has 1 saturated heterocycles. The fourth-order valence-electron chi connectivity index (χ4n) is 12.0. The van der Waals surface area contributed by atoms with Gasteiger partial charge in [-0.2, -0.15) is 6.67 Å². The van der Waals surface area contributed by atoms with Crippen LogP contribution in [-0.2, 0) is 13.5 Å². The summed E-state index contributed by atoms with van der Waals surface area (Å²) >= 11 is -1.61. The fraction of sp³-hybridized carbons (Fsp3) is 0.448. The van der Waals surface area contributed by atoms with E-state index in [1.807, 2.05) is 34.9 Å². The maximum absolute atomic E-state index is 5.67. The van der Waals surface area contributed by atoms with E-state index in [-0.39, 0.29) is 20.0 Å². The van der Waals surface area contributed by atoms with Gasteiger partial charge in [-0.3, -0.25) is 0 Å². The summed E-state index contributed by atoms with van der Waals surface area (Å²) in [5, 5.41) is 0. The van der Waals surface area contributed by atoms with Gasteiger partial charge in [0, 0.05) is 19.3 Å². The number of hydrogen-bond donors (Lipinski definition) is 0. The molecule has 1 aliphatic heterocycles. The molecule has 64 heavy (non-hydrogen) atoms. The Kier molecular flexibility index (Phi) is 18.6. The zero-order chi connectivity index (χ0) is 45.0. The molecule has 0 N–H and O–H groups in total. The number of aryl methyl sites for hydroxylation is 6. The van der Waals surface area contributed by atoms with Crippen molar-refractivity contribution in [3.8, 4) is 0 Å². The van der Waals surface area contributed by atoms with Crippen LogP contribution in [0.3, 0.4) is 0 Å². The van der Waals surface area contributed by atoms with Crippen molar-refractivity contribution >= 4 is 43.3 Å². The molecule has 0 aromatic heterocycles. The number of benzene rings is 5. The first-order chi connectivity index (χ1) is 31.1. The van der Waals surface area contributed by atoms with Crippen LogP contribution < -0.4 is 9.80 Å². The van der Waals surface area contributed by atoms with E-state index in [0.717, 1.165) is 5.56 Å². The van der Waals surface area contributed by atoms with Crippen molar-refractivity contribution in [2.45, 2.75) is 167 Å². The van der Waals surface area contributed by atoms with Crippen molar-refractivity contribution in [2.24, 2.45) is 0 Å². The van der Waals surface area contributed by atoms with E-state index in [0.29, 0.717) is 0 Å². The molecule has 5 aromatic rings. The number of halogens is 2. The Morgan fingerprint density at radius 1 is 0.469 bits per heavy atom. The molecule has 2 atom stereocenters. The van der Waals surface area contributed by atoms with Gasteiger partial charge in [-0.15, -0.1) is 0 Å². The Morgan fingerprint density at radius 3 is 1.09 bits per heavy atom. The number of nitrogens with zero attached hydrogens (tertiary/aromatic N) is 2. The zero-order valence-electron chi connectivity index (χ0n) is 39.6. The van der Waals surface area contributed by atoms with Crippen molar-refractivity contribution in [3.63, 3.8) is 0 Å². The van der Waals surface area contributed by atoms with Gasteiger partial charge in [0.05, 0.1) is 29.1 Å². The molecule has 4 aliphatic rings. The van der Waals surface area contributed by atoms with Gasteiger partial charge in [0.1, 0.15) is 0 Å². The first-order valence-electron chi connectivity index (χ1n) is 24.5. The first-order valence-corrected chi connectivity index (χ1v) is 31.7. The van der Waals surface area contributed by atoms with Crippen molar-refractivity contribution in [2.75, 3.05) is 9.80 Å². The average molecular weight is 1000 g/mol. The van der Waals surface area contributed by atoms with Crippen LogP contribution in [0.25, 0.3) is 0 Å². The third-order valence-electron chi connectivity index (χ3n) is 14.4. The van der Waals surface area contributed by atoms with Gasteiger partial charge >= 0.3 is 73.4 Å². The van der Waals surface area contributed by atoms with Gasteiger partial charge in [0.2, 0.25) is 0 Å². The number of hydrogen-bond acceptors (Lipinski definition) is 2. The van der Waals surface area contributed by atoms with Crippen molar-refractivity contribution in [3.05, 3.63) is 172 Å². The molecule has 3 aliphatic carbocycles. The summed E-state index contributed by atoms with van der Waals surface area (Å²) in [6.07, 6.45) is 23.8. The fourth-order valence-corrected chi connectivity index (χ4v) is 19.1. The van der Waals surface area contributed by atoms with E-state index in [4.69, 9.17) is 19.4 Å². The van der Waals surface area contributed by atoms with Crippen molar-refractivity contribution in [1.29, 1.82) is 0 Å². The van der Waals surface area contributed by atoms with Gasteiger partial charge < -0.3 is 9.80 Å². The summed E-state index contributed by atoms with van der Waals surface area (Å²) in [6, 6.07) is 41.4. The molecule has 0 radical (unpaired) electrons. The monoisotopic (exact) mass is 1000 g/mol. The minimum atomic E-state index is -1.61. The molecule has 2 nitrogen and oxygen atoms in total. The van der Waals surface area contributed by atoms with Gasteiger partial charge in [0.15, 0.2) is 0 Å². The molecule has 5 aromatic carbocycles. The Morgan fingerprint density at radius 2 is 0.781 bits per heavy atom. The average Bonchev–Trinajstić information content (AvgIpc) is 3.67. The quantitative estimate of drug-likeness (QED) is 0.0868. The van der Waals surface area contributed by atoms with E-state index in [2.05, 4.69) is 143 Å². The Balaban J connectivity index is 0.000000175. The van der Waals surface area contributed by atoms with Crippen LogP contribution in [0.4, 0.5) is 11.4 Å². The summed E-state index contributed by atoms with van der Waals surface area (Å²) in [7, 11) is 11.3. The van der Waals surface area contributed by atoms with Crippen LogP contribution in [-0.4, -0.2) is 21.6 Å². The number of anilines is 2.